The molecule has 0 saturated heterocycles. The molecule has 2 aromatic heterocycles. The SMILES string of the molecule is Cc1cc(C2CC2)nn2c(C)nnc12. The van der Waals surface area contributed by atoms with Gasteiger partial charge in [0.05, 0.1) is 5.69 Å². The zero-order valence-corrected chi connectivity index (χ0v) is 8.36. The van der Waals surface area contributed by atoms with E-state index in [1.54, 1.807) is 0 Å². The van der Waals surface area contributed by atoms with Gasteiger partial charge in [0, 0.05) is 5.92 Å². The molecule has 0 atom stereocenters. The summed E-state index contributed by atoms with van der Waals surface area (Å²) in [6.45, 7) is 4.00. The van der Waals surface area contributed by atoms with E-state index in [9.17, 15) is 0 Å². The van der Waals surface area contributed by atoms with E-state index in [1.165, 1.54) is 24.1 Å². The molecular formula is C10H12N4. The van der Waals surface area contributed by atoms with E-state index in [2.05, 4.69) is 28.3 Å². The largest absolute Gasteiger partial charge is 0.197 e. The fourth-order valence-electron chi connectivity index (χ4n) is 1.73. The summed E-state index contributed by atoms with van der Waals surface area (Å²) >= 11 is 0. The maximum Gasteiger partial charge on any atom is 0.180 e. The molecule has 2 aromatic rings. The van der Waals surface area contributed by atoms with Gasteiger partial charge in [-0.2, -0.15) is 9.61 Å². The quantitative estimate of drug-likeness (QED) is 0.683. The minimum atomic E-state index is 0.680. The van der Waals surface area contributed by atoms with Crippen molar-refractivity contribution >= 4 is 5.65 Å². The monoisotopic (exact) mass is 188 g/mol. The van der Waals surface area contributed by atoms with Crippen LogP contribution in [-0.2, 0) is 0 Å². The fraction of sp³-hybridized carbons (Fsp3) is 0.500. The van der Waals surface area contributed by atoms with Crippen LogP contribution in [0.4, 0.5) is 0 Å². The highest BCUT2D eigenvalue weighted by molar-refractivity contribution is 5.46. The van der Waals surface area contributed by atoms with Gasteiger partial charge in [-0.3, -0.25) is 0 Å². The van der Waals surface area contributed by atoms with Crippen molar-refractivity contribution in [3.63, 3.8) is 0 Å². The second-order valence-electron chi connectivity index (χ2n) is 4.01. The van der Waals surface area contributed by atoms with Gasteiger partial charge in [-0.05, 0) is 38.3 Å². The molecule has 14 heavy (non-hydrogen) atoms. The summed E-state index contributed by atoms with van der Waals surface area (Å²) in [5.41, 5.74) is 3.24. The van der Waals surface area contributed by atoms with E-state index in [-0.39, 0.29) is 0 Å². The molecule has 4 heteroatoms. The molecule has 0 radical (unpaired) electrons. The molecule has 3 rings (SSSR count). The van der Waals surface area contributed by atoms with Crippen LogP contribution in [0.25, 0.3) is 5.65 Å². The van der Waals surface area contributed by atoms with Crippen molar-refractivity contribution in [2.24, 2.45) is 0 Å². The van der Waals surface area contributed by atoms with Crippen LogP contribution in [-0.4, -0.2) is 19.8 Å². The van der Waals surface area contributed by atoms with Crippen LogP contribution >= 0.6 is 0 Å². The predicted molar refractivity (Wildman–Crippen MR) is 52.2 cm³/mol. The topological polar surface area (TPSA) is 43.1 Å². The molecule has 0 bridgehead atoms. The standard InChI is InChI=1S/C10H12N4/c1-6-5-9(8-3-4-8)13-14-7(2)11-12-10(6)14/h5,8H,3-4H2,1-2H3. The van der Waals surface area contributed by atoms with Gasteiger partial charge >= 0.3 is 0 Å². The molecular weight excluding hydrogens is 176 g/mol. The molecule has 1 saturated carbocycles. The lowest BCUT2D eigenvalue weighted by atomic mass is 10.2. The highest BCUT2D eigenvalue weighted by Gasteiger charge is 2.26. The van der Waals surface area contributed by atoms with Gasteiger partial charge in [-0.25, -0.2) is 0 Å². The highest BCUT2D eigenvalue weighted by Crippen LogP contribution is 2.39. The Morgan fingerprint density at radius 2 is 2.07 bits per heavy atom. The van der Waals surface area contributed by atoms with Crippen LogP contribution in [0, 0.1) is 13.8 Å². The molecule has 72 valence electrons. The first-order valence-corrected chi connectivity index (χ1v) is 4.95. The molecule has 0 amide bonds. The van der Waals surface area contributed by atoms with Crippen LogP contribution in [0.15, 0.2) is 6.07 Å². The lowest BCUT2D eigenvalue weighted by Crippen LogP contribution is -2.00. The number of hydrogen-bond acceptors (Lipinski definition) is 3. The number of aryl methyl sites for hydroxylation is 2. The minimum absolute atomic E-state index is 0.680. The van der Waals surface area contributed by atoms with E-state index >= 15 is 0 Å². The van der Waals surface area contributed by atoms with Gasteiger partial charge in [0.25, 0.3) is 0 Å². The number of aromatic nitrogens is 4. The molecule has 1 aliphatic rings. The Morgan fingerprint density at radius 3 is 2.79 bits per heavy atom. The highest BCUT2D eigenvalue weighted by atomic mass is 15.4. The van der Waals surface area contributed by atoms with Crippen LogP contribution in [0.1, 0.15) is 35.8 Å². The Kier molecular flexibility index (Phi) is 1.43. The maximum absolute atomic E-state index is 4.55. The molecule has 2 heterocycles. The molecule has 0 N–H and O–H groups in total. The maximum atomic E-state index is 4.55. The zero-order chi connectivity index (χ0) is 9.71. The van der Waals surface area contributed by atoms with E-state index in [0.29, 0.717) is 5.92 Å². The Balaban J connectivity index is 2.30. The summed E-state index contributed by atoms with van der Waals surface area (Å²) in [7, 11) is 0. The summed E-state index contributed by atoms with van der Waals surface area (Å²) in [6, 6.07) is 2.14. The third-order valence-electron chi connectivity index (χ3n) is 2.72. The average molecular weight is 188 g/mol. The van der Waals surface area contributed by atoms with E-state index in [4.69, 9.17) is 0 Å². The van der Waals surface area contributed by atoms with Gasteiger partial charge in [0.2, 0.25) is 0 Å². The first-order chi connectivity index (χ1) is 6.75. The molecule has 1 aliphatic carbocycles. The molecule has 4 nitrogen and oxygen atoms in total. The smallest absolute Gasteiger partial charge is 0.180 e. The summed E-state index contributed by atoms with van der Waals surface area (Å²) < 4.78 is 1.85. The van der Waals surface area contributed by atoms with Crippen LogP contribution < -0.4 is 0 Å². The number of rotatable bonds is 1. The third kappa shape index (κ3) is 1.03. The van der Waals surface area contributed by atoms with E-state index < -0.39 is 0 Å². The van der Waals surface area contributed by atoms with Crippen molar-refractivity contribution in [2.45, 2.75) is 32.6 Å². The van der Waals surface area contributed by atoms with Crippen molar-refractivity contribution in [3.8, 4) is 0 Å². The van der Waals surface area contributed by atoms with Gasteiger partial charge in [-0.15, -0.1) is 10.2 Å². The lowest BCUT2D eigenvalue weighted by molar-refractivity contribution is 0.816. The van der Waals surface area contributed by atoms with Crippen molar-refractivity contribution in [2.75, 3.05) is 0 Å². The summed E-state index contributed by atoms with van der Waals surface area (Å²) in [6.07, 6.45) is 2.55. The van der Waals surface area contributed by atoms with Gasteiger partial charge in [-0.1, -0.05) is 0 Å². The molecule has 0 aromatic carbocycles. The normalized spacial score (nSPS) is 16.4. The Morgan fingerprint density at radius 1 is 1.29 bits per heavy atom. The van der Waals surface area contributed by atoms with Crippen molar-refractivity contribution < 1.29 is 0 Å². The number of nitrogens with zero attached hydrogens (tertiary/aromatic N) is 4. The van der Waals surface area contributed by atoms with Gasteiger partial charge in [0.15, 0.2) is 11.5 Å². The van der Waals surface area contributed by atoms with Crippen LogP contribution in [0.3, 0.4) is 0 Å². The predicted octanol–water partition coefficient (Wildman–Crippen LogP) is 1.62. The summed E-state index contributed by atoms with van der Waals surface area (Å²) in [4.78, 5) is 0. The second-order valence-corrected chi connectivity index (χ2v) is 4.01. The lowest BCUT2D eigenvalue weighted by Gasteiger charge is -2.01. The third-order valence-corrected chi connectivity index (χ3v) is 2.72. The van der Waals surface area contributed by atoms with Crippen molar-refractivity contribution in [1.82, 2.24) is 19.8 Å². The molecule has 0 spiro atoms. The average Bonchev–Trinajstić information content (AvgIpc) is 2.93. The first kappa shape index (κ1) is 7.91. The van der Waals surface area contributed by atoms with Gasteiger partial charge in [0.1, 0.15) is 0 Å². The molecule has 1 fully saturated rings. The Bertz CT molecular complexity index is 496. The zero-order valence-electron chi connectivity index (χ0n) is 8.36. The Labute approximate surface area is 82.0 Å². The molecule has 0 aliphatic heterocycles. The summed E-state index contributed by atoms with van der Waals surface area (Å²) in [5, 5.41) is 12.7. The van der Waals surface area contributed by atoms with Crippen LogP contribution in [0.2, 0.25) is 0 Å². The van der Waals surface area contributed by atoms with Crippen molar-refractivity contribution in [1.29, 1.82) is 0 Å². The van der Waals surface area contributed by atoms with E-state index in [0.717, 1.165) is 11.5 Å². The number of fused-ring (bicyclic) bond motifs is 1. The second kappa shape index (κ2) is 2.53. The number of hydrogen-bond donors (Lipinski definition) is 0. The van der Waals surface area contributed by atoms with E-state index in [1.807, 2.05) is 11.4 Å². The van der Waals surface area contributed by atoms with Crippen molar-refractivity contribution in [3.05, 3.63) is 23.1 Å². The minimum Gasteiger partial charge on any atom is -0.197 e. The first-order valence-electron chi connectivity index (χ1n) is 4.95. The fourth-order valence-corrected chi connectivity index (χ4v) is 1.73. The molecule has 0 unspecified atom stereocenters. The summed E-state index contributed by atoms with van der Waals surface area (Å²) in [5.74, 6) is 1.55. The van der Waals surface area contributed by atoms with Crippen LogP contribution in [0.5, 0.6) is 0 Å². The van der Waals surface area contributed by atoms with Gasteiger partial charge < -0.3 is 0 Å². The Hall–Kier alpha value is -1.45.